The molecule has 2 unspecified atom stereocenters. The first-order valence-corrected chi connectivity index (χ1v) is 7.02. The molecule has 1 amide bonds. The van der Waals surface area contributed by atoms with Gasteiger partial charge in [-0.25, -0.2) is 8.78 Å². The Balaban J connectivity index is 1.78. The van der Waals surface area contributed by atoms with Crippen LogP contribution in [0.1, 0.15) is 37.3 Å². The molecular formula is C15H17F2NO2. The van der Waals surface area contributed by atoms with E-state index in [0.29, 0.717) is 13.0 Å². The van der Waals surface area contributed by atoms with E-state index < -0.39 is 23.8 Å². The number of nitrogens with one attached hydrogen (secondary N) is 1. The lowest BCUT2D eigenvalue weighted by Crippen LogP contribution is -2.38. The standard InChI is InChI=1S/C15H17F2NO2/c16-10-5-6-12(17)11(8-10)14(9-3-4-9)18-15(19)13-2-1-7-20-13/h5-6,8-9,13-14H,1-4,7H2,(H,18,19). The first kappa shape index (κ1) is 13.5. The maximum atomic E-state index is 13.9. The molecule has 108 valence electrons. The third kappa shape index (κ3) is 2.82. The Labute approximate surface area is 116 Å². The van der Waals surface area contributed by atoms with E-state index in [4.69, 9.17) is 4.74 Å². The number of hydrogen-bond acceptors (Lipinski definition) is 2. The van der Waals surface area contributed by atoms with Crippen LogP contribution < -0.4 is 5.32 Å². The van der Waals surface area contributed by atoms with Crippen LogP contribution in [0.5, 0.6) is 0 Å². The number of halogens is 2. The fraction of sp³-hybridized carbons (Fsp3) is 0.533. The number of ether oxygens (including phenoxy) is 1. The summed E-state index contributed by atoms with van der Waals surface area (Å²) in [5.74, 6) is -0.992. The van der Waals surface area contributed by atoms with Gasteiger partial charge < -0.3 is 10.1 Å². The van der Waals surface area contributed by atoms with Crippen molar-refractivity contribution < 1.29 is 18.3 Å². The van der Waals surface area contributed by atoms with Crippen molar-refractivity contribution in [3.63, 3.8) is 0 Å². The van der Waals surface area contributed by atoms with E-state index in [1.807, 2.05) is 0 Å². The van der Waals surface area contributed by atoms with Crippen molar-refractivity contribution in [1.82, 2.24) is 5.32 Å². The quantitative estimate of drug-likeness (QED) is 0.921. The van der Waals surface area contributed by atoms with Gasteiger partial charge in [0.2, 0.25) is 5.91 Å². The Morgan fingerprint density at radius 3 is 2.75 bits per heavy atom. The maximum Gasteiger partial charge on any atom is 0.249 e. The Kier molecular flexibility index (Phi) is 3.70. The zero-order valence-corrected chi connectivity index (χ0v) is 11.1. The van der Waals surface area contributed by atoms with Crippen molar-refractivity contribution in [2.45, 2.75) is 37.8 Å². The van der Waals surface area contributed by atoms with Crippen LogP contribution in [0.25, 0.3) is 0 Å². The van der Waals surface area contributed by atoms with Gasteiger partial charge in [0.05, 0.1) is 6.04 Å². The van der Waals surface area contributed by atoms with E-state index in [9.17, 15) is 13.6 Å². The van der Waals surface area contributed by atoms with Crippen molar-refractivity contribution in [2.75, 3.05) is 6.61 Å². The summed E-state index contributed by atoms with van der Waals surface area (Å²) in [6, 6.07) is 2.92. The van der Waals surface area contributed by atoms with Gasteiger partial charge in [-0.2, -0.15) is 0 Å². The molecule has 0 aromatic heterocycles. The molecule has 1 aliphatic carbocycles. The van der Waals surface area contributed by atoms with E-state index in [1.54, 1.807) is 0 Å². The highest BCUT2D eigenvalue weighted by molar-refractivity contribution is 5.81. The van der Waals surface area contributed by atoms with Gasteiger partial charge in [0.15, 0.2) is 0 Å². The highest BCUT2D eigenvalue weighted by Gasteiger charge is 2.37. The lowest BCUT2D eigenvalue weighted by Gasteiger charge is -2.21. The second kappa shape index (κ2) is 5.48. The van der Waals surface area contributed by atoms with Crippen molar-refractivity contribution in [3.8, 4) is 0 Å². The second-order valence-corrected chi connectivity index (χ2v) is 5.49. The Morgan fingerprint density at radius 1 is 1.30 bits per heavy atom. The van der Waals surface area contributed by atoms with Crippen molar-refractivity contribution in [1.29, 1.82) is 0 Å². The topological polar surface area (TPSA) is 38.3 Å². The predicted octanol–water partition coefficient (Wildman–Crippen LogP) is 2.71. The molecule has 5 heteroatoms. The van der Waals surface area contributed by atoms with Gasteiger partial charge in [-0.1, -0.05) is 0 Å². The second-order valence-electron chi connectivity index (χ2n) is 5.49. The number of hydrogen-bond donors (Lipinski definition) is 1. The molecule has 2 aliphatic rings. The van der Waals surface area contributed by atoms with Gasteiger partial charge in [0.1, 0.15) is 17.7 Å². The van der Waals surface area contributed by atoms with Gasteiger partial charge in [-0.3, -0.25) is 4.79 Å². The third-order valence-corrected chi connectivity index (χ3v) is 3.91. The van der Waals surface area contributed by atoms with Gasteiger partial charge in [0.25, 0.3) is 0 Å². The van der Waals surface area contributed by atoms with Crippen LogP contribution >= 0.6 is 0 Å². The van der Waals surface area contributed by atoms with Crippen LogP contribution in [0.4, 0.5) is 8.78 Å². The van der Waals surface area contributed by atoms with Gasteiger partial charge in [0, 0.05) is 12.2 Å². The molecule has 0 bridgehead atoms. The van der Waals surface area contributed by atoms with Crippen LogP contribution in [-0.4, -0.2) is 18.6 Å². The summed E-state index contributed by atoms with van der Waals surface area (Å²) >= 11 is 0. The summed E-state index contributed by atoms with van der Waals surface area (Å²) in [4.78, 5) is 12.1. The molecule has 1 saturated heterocycles. The molecule has 1 aliphatic heterocycles. The van der Waals surface area contributed by atoms with Gasteiger partial charge in [-0.15, -0.1) is 0 Å². The first-order valence-electron chi connectivity index (χ1n) is 7.02. The van der Waals surface area contributed by atoms with E-state index in [-0.39, 0.29) is 17.4 Å². The Hall–Kier alpha value is -1.49. The minimum atomic E-state index is -0.488. The number of carbonyl (C=O) groups is 1. The largest absolute Gasteiger partial charge is 0.368 e. The zero-order chi connectivity index (χ0) is 14.1. The summed E-state index contributed by atoms with van der Waals surface area (Å²) in [7, 11) is 0. The van der Waals surface area contributed by atoms with Crippen LogP contribution in [-0.2, 0) is 9.53 Å². The van der Waals surface area contributed by atoms with Crippen molar-refractivity contribution in [3.05, 3.63) is 35.4 Å². The highest BCUT2D eigenvalue weighted by Crippen LogP contribution is 2.42. The van der Waals surface area contributed by atoms with E-state index in [1.165, 1.54) is 6.07 Å². The normalized spacial score (nSPS) is 23.6. The number of carbonyl (C=O) groups excluding carboxylic acids is 1. The SMILES string of the molecule is O=C(NC(c1cc(F)ccc1F)C1CC1)C1CCCO1. The van der Waals surface area contributed by atoms with E-state index >= 15 is 0 Å². The lowest BCUT2D eigenvalue weighted by molar-refractivity contribution is -0.131. The van der Waals surface area contributed by atoms with Crippen LogP contribution in [0.3, 0.4) is 0 Å². The molecule has 2 fully saturated rings. The molecule has 2 atom stereocenters. The molecule has 3 rings (SSSR count). The van der Waals surface area contributed by atoms with Gasteiger partial charge >= 0.3 is 0 Å². The molecule has 20 heavy (non-hydrogen) atoms. The molecule has 3 nitrogen and oxygen atoms in total. The summed E-state index contributed by atoms with van der Waals surface area (Å²) in [5.41, 5.74) is 0.235. The fourth-order valence-electron chi connectivity index (χ4n) is 2.66. The van der Waals surface area contributed by atoms with Crippen LogP contribution in [0.15, 0.2) is 18.2 Å². The fourth-order valence-corrected chi connectivity index (χ4v) is 2.66. The monoisotopic (exact) mass is 281 g/mol. The Morgan fingerprint density at radius 2 is 2.10 bits per heavy atom. The van der Waals surface area contributed by atoms with E-state index in [2.05, 4.69) is 5.32 Å². The number of rotatable bonds is 4. The molecule has 1 heterocycles. The predicted molar refractivity (Wildman–Crippen MR) is 68.9 cm³/mol. The lowest BCUT2D eigenvalue weighted by atomic mass is 10.0. The van der Waals surface area contributed by atoms with Crippen LogP contribution in [0.2, 0.25) is 0 Å². The van der Waals surface area contributed by atoms with Gasteiger partial charge in [-0.05, 0) is 49.8 Å². The minimum absolute atomic E-state index is 0.191. The Bertz CT molecular complexity index is 511. The summed E-state index contributed by atoms with van der Waals surface area (Å²) in [5, 5.41) is 2.83. The van der Waals surface area contributed by atoms with Crippen molar-refractivity contribution in [2.24, 2.45) is 5.92 Å². The zero-order valence-electron chi connectivity index (χ0n) is 11.1. The number of amides is 1. The van der Waals surface area contributed by atoms with Crippen molar-refractivity contribution >= 4 is 5.91 Å². The average Bonchev–Trinajstić information content (AvgIpc) is 3.12. The number of benzene rings is 1. The molecule has 0 radical (unpaired) electrons. The third-order valence-electron chi connectivity index (χ3n) is 3.91. The highest BCUT2D eigenvalue weighted by atomic mass is 19.1. The maximum absolute atomic E-state index is 13.9. The van der Waals surface area contributed by atoms with E-state index in [0.717, 1.165) is 31.4 Å². The molecule has 1 saturated carbocycles. The van der Waals surface area contributed by atoms with Crippen LogP contribution in [0, 0.1) is 17.6 Å². The molecule has 0 spiro atoms. The smallest absolute Gasteiger partial charge is 0.249 e. The molecule has 1 aromatic rings. The average molecular weight is 281 g/mol. The summed E-state index contributed by atoms with van der Waals surface area (Å²) in [6.45, 7) is 0.584. The molecule has 1 aromatic carbocycles. The molecular weight excluding hydrogens is 264 g/mol. The first-order chi connectivity index (χ1) is 9.65. The minimum Gasteiger partial charge on any atom is -0.368 e. The summed E-state index contributed by atoms with van der Waals surface area (Å²) in [6.07, 6.45) is 2.95. The molecule has 1 N–H and O–H groups in total. The summed E-state index contributed by atoms with van der Waals surface area (Å²) < 4.78 is 32.5.